The molecule has 2 heterocycles. The first kappa shape index (κ1) is 8.65. The third-order valence-electron chi connectivity index (χ3n) is 1.98. The van der Waals surface area contributed by atoms with Crippen LogP contribution in [0.1, 0.15) is 11.8 Å². The monoisotopic (exact) mass is 183 g/mol. The second-order valence-electron chi connectivity index (χ2n) is 3.12. The Hall–Kier alpha value is -0.940. The molecule has 0 saturated carbocycles. The summed E-state index contributed by atoms with van der Waals surface area (Å²) in [6.07, 6.45) is 1.08. The standard InChI is InChI=1S/C8H13N3O2/c1-6-10-11-8(13-6)2-3-12-7-4-9-5-7/h7,9H,2-5H2,1H3. The Morgan fingerprint density at radius 3 is 2.92 bits per heavy atom. The molecule has 0 atom stereocenters. The van der Waals surface area contributed by atoms with Crippen LogP contribution in [0.5, 0.6) is 0 Å². The Bertz CT molecular complexity index is 270. The van der Waals surface area contributed by atoms with Crippen molar-refractivity contribution in [2.24, 2.45) is 0 Å². The first-order chi connectivity index (χ1) is 6.34. The number of aryl methyl sites for hydroxylation is 1. The highest BCUT2D eigenvalue weighted by atomic mass is 16.5. The van der Waals surface area contributed by atoms with Crippen LogP contribution < -0.4 is 5.32 Å². The molecule has 5 heteroatoms. The van der Waals surface area contributed by atoms with Crippen molar-refractivity contribution in [2.45, 2.75) is 19.4 Å². The van der Waals surface area contributed by atoms with Gasteiger partial charge >= 0.3 is 0 Å². The normalized spacial score (nSPS) is 17.3. The van der Waals surface area contributed by atoms with Gasteiger partial charge in [0, 0.05) is 26.4 Å². The van der Waals surface area contributed by atoms with Crippen LogP contribution >= 0.6 is 0 Å². The Labute approximate surface area is 76.5 Å². The van der Waals surface area contributed by atoms with Crippen LogP contribution in [0.2, 0.25) is 0 Å². The van der Waals surface area contributed by atoms with Crippen LogP contribution in [-0.2, 0) is 11.2 Å². The third-order valence-corrected chi connectivity index (χ3v) is 1.98. The van der Waals surface area contributed by atoms with E-state index in [1.54, 1.807) is 6.92 Å². The number of nitrogens with one attached hydrogen (secondary N) is 1. The molecule has 1 aromatic rings. The number of nitrogens with zero attached hydrogens (tertiary/aromatic N) is 2. The van der Waals surface area contributed by atoms with E-state index in [0.717, 1.165) is 13.1 Å². The zero-order chi connectivity index (χ0) is 9.10. The van der Waals surface area contributed by atoms with Gasteiger partial charge in [-0.2, -0.15) is 0 Å². The van der Waals surface area contributed by atoms with Gasteiger partial charge in [-0.15, -0.1) is 10.2 Å². The second-order valence-corrected chi connectivity index (χ2v) is 3.12. The van der Waals surface area contributed by atoms with E-state index < -0.39 is 0 Å². The van der Waals surface area contributed by atoms with E-state index >= 15 is 0 Å². The molecular formula is C8H13N3O2. The van der Waals surface area contributed by atoms with Gasteiger partial charge < -0.3 is 14.5 Å². The molecule has 1 N–H and O–H groups in total. The predicted molar refractivity (Wildman–Crippen MR) is 45.3 cm³/mol. The lowest BCUT2D eigenvalue weighted by molar-refractivity contribution is 0.0187. The summed E-state index contributed by atoms with van der Waals surface area (Å²) >= 11 is 0. The Morgan fingerprint density at radius 2 is 2.38 bits per heavy atom. The molecule has 1 fully saturated rings. The van der Waals surface area contributed by atoms with Gasteiger partial charge in [0.2, 0.25) is 11.8 Å². The zero-order valence-electron chi connectivity index (χ0n) is 7.62. The lowest BCUT2D eigenvalue weighted by atomic mass is 10.2. The van der Waals surface area contributed by atoms with Gasteiger partial charge in [-0.25, -0.2) is 0 Å². The van der Waals surface area contributed by atoms with Crippen LogP contribution in [0.25, 0.3) is 0 Å². The van der Waals surface area contributed by atoms with Crippen molar-refractivity contribution in [2.75, 3.05) is 19.7 Å². The van der Waals surface area contributed by atoms with E-state index in [-0.39, 0.29) is 0 Å². The first-order valence-corrected chi connectivity index (χ1v) is 4.46. The van der Waals surface area contributed by atoms with E-state index in [1.165, 1.54) is 0 Å². The molecule has 1 aliphatic heterocycles. The van der Waals surface area contributed by atoms with Gasteiger partial charge in [0.15, 0.2) is 0 Å². The van der Waals surface area contributed by atoms with Crippen molar-refractivity contribution >= 4 is 0 Å². The second kappa shape index (κ2) is 3.85. The summed E-state index contributed by atoms with van der Waals surface area (Å²) in [7, 11) is 0. The topological polar surface area (TPSA) is 60.2 Å². The van der Waals surface area contributed by atoms with Crippen LogP contribution in [0.4, 0.5) is 0 Å². The zero-order valence-corrected chi connectivity index (χ0v) is 7.62. The largest absolute Gasteiger partial charge is 0.426 e. The lowest BCUT2D eigenvalue weighted by Gasteiger charge is -2.26. The number of ether oxygens (including phenoxy) is 1. The van der Waals surface area contributed by atoms with E-state index in [1.807, 2.05) is 0 Å². The SMILES string of the molecule is Cc1nnc(CCOC2CNC2)o1. The highest BCUT2D eigenvalue weighted by Gasteiger charge is 2.16. The molecule has 1 saturated heterocycles. The number of aromatic nitrogens is 2. The van der Waals surface area contributed by atoms with Crippen molar-refractivity contribution < 1.29 is 9.15 Å². The van der Waals surface area contributed by atoms with E-state index in [0.29, 0.717) is 30.9 Å². The summed E-state index contributed by atoms with van der Waals surface area (Å²) in [4.78, 5) is 0. The maximum Gasteiger partial charge on any atom is 0.218 e. The molecule has 0 aromatic carbocycles. The van der Waals surface area contributed by atoms with Crippen molar-refractivity contribution in [3.8, 4) is 0 Å². The quantitative estimate of drug-likeness (QED) is 0.706. The average molecular weight is 183 g/mol. The summed E-state index contributed by atoms with van der Waals surface area (Å²) in [6.45, 7) is 4.37. The maximum atomic E-state index is 5.50. The molecule has 13 heavy (non-hydrogen) atoms. The number of rotatable bonds is 4. The minimum atomic E-state index is 0.379. The van der Waals surface area contributed by atoms with Crippen molar-refractivity contribution in [1.82, 2.24) is 15.5 Å². The van der Waals surface area contributed by atoms with Gasteiger partial charge in [-0.3, -0.25) is 0 Å². The van der Waals surface area contributed by atoms with E-state index in [4.69, 9.17) is 9.15 Å². The van der Waals surface area contributed by atoms with Gasteiger partial charge in [0.1, 0.15) is 0 Å². The Morgan fingerprint density at radius 1 is 1.54 bits per heavy atom. The summed E-state index contributed by atoms with van der Waals surface area (Å²) in [5, 5.41) is 10.7. The maximum absolute atomic E-state index is 5.50. The van der Waals surface area contributed by atoms with Crippen molar-refractivity contribution in [3.63, 3.8) is 0 Å². The average Bonchev–Trinajstić information content (AvgIpc) is 2.42. The van der Waals surface area contributed by atoms with Crippen LogP contribution in [0.3, 0.4) is 0 Å². The van der Waals surface area contributed by atoms with E-state index in [2.05, 4.69) is 15.5 Å². The van der Waals surface area contributed by atoms with Gasteiger partial charge in [-0.1, -0.05) is 0 Å². The number of hydrogen-bond acceptors (Lipinski definition) is 5. The van der Waals surface area contributed by atoms with Crippen molar-refractivity contribution in [3.05, 3.63) is 11.8 Å². The van der Waals surface area contributed by atoms with Gasteiger partial charge in [0.05, 0.1) is 12.7 Å². The molecule has 72 valence electrons. The highest BCUT2D eigenvalue weighted by Crippen LogP contribution is 2.02. The molecule has 0 spiro atoms. The summed E-state index contributed by atoms with van der Waals surface area (Å²) in [6, 6.07) is 0. The molecule has 2 rings (SSSR count). The smallest absolute Gasteiger partial charge is 0.218 e. The Kier molecular flexibility index (Phi) is 2.56. The molecule has 0 radical (unpaired) electrons. The van der Waals surface area contributed by atoms with Crippen LogP contribution in [0, 0.1) is 6.92 Å². The molecule has 0 amide bonds. The van der Waals surface area contributed by atoms with E-state index in [9.17, 15) is 0 Å². The van der Waals surface area contributed by atoms with Crippen molar-refractivity contribution in [1.29, 1.82) is 0 Å². The molecule has 5 nitrogen and oxygen atoms in total. The van der Waals surface area contributed by atoms with Gasteiger partial charge in [0.25, 0.3) is 0 Å². The molecular weight excluding hydrogens is 170 g/mol. The molecule has 0 aliphatic carbocycles. The fraction of sp³-hybridized carbons (Fsp3) is 0.750. The summed E-state index contributed by atoms with van der Waals surface area (Å²) in [5.41, 5.74) is 0. The third kappa shape index (κ3) is 2.26. The molecule has 0 bridgehead atoms. The fourth-order valence-corrected chi connectivity index (χ4v) is 1.13. The van der Waals surface area contributed by atoms with Crippen LogP contribution in [0.15, 0.2) is 4.42 Å². The lowest BCUT2D eigenvalue weighted by Crippen LogP contribution is -2.48. The minimum absolute atomic E-state index is 0.379. The summed E-state index contributed by atoms with van der Waals surface area (Å²) < 4.78 is 10.7. The molecule has 1 aromatic heterocycles. The predicted octanol–water partition coefficient (Wildman–Crippen LogP) is -0.0911. The van der Waals surface area contributed by atoms with Crippen LogP contribution in [-0.4, -0.2) is 36.0 Å². The van der Waals surface area contributed by atoms with Gasteiger partial charge in [-0.05, 0) is 0 Å². The highest BCUT2D eigenvalue weighted by molar-refractivity contribution is 4.80. The fourth-order valence-electron chi connectivity index (χ4n) is 1.13. The molecule has 1 aliphatic rings. The Balaban J connectivity index is 1.67. The summed E-state index contributed by atoms with van der Waals surface area (Å²) in [5.74, 6) is 1.27. The first-order valence-electron chi connectivity index (χ1n) is 4.46. The molecule has 0 unspecified atom stereocenters. The number of hydrogen-bond donors (Lipinski definition) is 1. The minimum Gasteiger partial charge on any atom is -0.426 e.